The SMILES string of the molecule is C[C@@H](CC(=O)N[C@@H](c1ccc2nc([C@H](COC(C)(C)C(F)(F)F)NC(=O)c3nonc3C3CC3)[nH]c2c1)C1CC1)C(F)F. The molecule has 0 saturated heterocycles. The molecule has 2 saturated carbocycles. The number of benzene rings is 1. The molecule has 0 radical (unpaired) electrons. The number of aromatic amines is 1. The number of imidazole rings is 1. The number of nitrogens with one attached hydrogen (secondary N) is 3. The minimum atomic E-state index is -4.67. The van der Waals surface area contributed by atoms with E-state index in [1.807, 2.05) is 0 Å². The molecule has 10 nitrogen and oxygen atoms in total. The van der Waals surface area contributed by atoms with Crippen LogP contribution in [0, 0.1) is 11.8 Å². The standard InChI is InChI=1S/C28H33F5N6O4/c1-13(24(29)30)10-20(40)37-21(14-4-5-14)16-8-9-17-18(11-16)35-25(34-17)19(12-42-27(2,3)28(31,32)33)36-26(41)23-22(15-6-7-15)38-43-39-23/h8-9,11,13-15,19,21,24H,4-7,10,12H2,1-3H3,(H,34,35)(H,36,41)(H,37,40)/t13-,19-,21+/m0/s1. The number of ether oxygens (including phenoxy) is 1. The number of fused-ring (bicyclic) bond motifs is 1. The van der Waals surface area contributed by atoms with Crippen LogP contribution in [-0.2, 0) is 9.53 Å². The van der Waals surface area contributed by atoms with Gasteiger partial charge in [0.2, 0.25) is 12.3 Å². The highest BCUT2D eigenvalue weighted by molar-refractivity contribution is 5.93. The zero-order chi connectivity index (χ0) is 31.1. The number of hydrogen-bond donors (Lipinski definition) is 3. The lowest BCUT2D eigenvalue weighted by Gasteiger charge is -2.29. The minimum absolute atomic E-state index is 0.0361. The highest BCUT2D eigenvalue weighted by Gasteiger charge is 2.49. The van der Waals surface area contributed by atoms with Gasteiger partial charge in [0.15, 0.2) is 11.3 Å². The van der Waals surface area contributed by atoms with E-state index in [2.05, 4.69) is 30.9 Å². The first kappa shape index (κ1) is 30.8. The molecule has 2 amide bonds. The summed E-state index contributed by atoms with van der Waals surface area (Å²) in [5.74, 6) is -1.93. The number of hydrogen-bond acceptors (Lipinski definition) is 7. The van der Waals surface area contributed by atoms with E-state index in [0.717, 1.165) is 45.1 Å². The fourth-order valence-electron chi connectivity index (χ4n) is 4.69. The van der Waals surface area contributed by atoms with Crippen LogP contribution >= 0.6 is 0 Å². The van der Waals surface area contributed by atoms with E-state index in [0.29, 0.717) is 16.7 Å². The van der Waals surface area contributed by atoms with E-state index in [-0.39, 0.29) is 29.8 Å². The van der Waals surface area contributed by atoms with Crippen LogP contribution in [0.25, 0.3) is 11.0 Å². The number of H-pyrrole nitrogens is 1. The highest BCUT2D eigenvalue weighted by Crippen LogP contribution is 2.42. The summed E-state index contributed by atoms with van der Waals surface area (Å²) in [5, 5.41) is 13.0. The summed E-state index contributed by atoms with van der Waals surface area (Å²) >= 11 is 0. The number of aromatic nitrogens is 4. The molecular formula is C28H33F5N6O4. The van der Waals surface area contributed by atoms with Crippen molar-refractivity contribution in [2.75, 3.05) is 6.61 Å². The van der Waals surface area contributed by atoms with Crippen molar-refractivity contribution in [3.8, 4) is 0 Å². The van der Waals surface area contributed by atoms with E-state index < -0.39 is 54.6 Å². The molecule has 0 unspecified atom stereocenters. The third-order valence-electron chi connectivity index (χ3n) is 7.85. The Balaban J connectivity index is 1.39. The second-order valence-corrected chi connectivity index (χ2v) is 11.9. The lowest BCUT2D eigenvalue weighted by Crippen LogP contribution is -2.44. The van der Waals surface area contributed by atoms with Gasteiger partial charge in [-0.05, 0) is 68.3 Å². The second kappa shape index (κ2) is 11.8. The molecule has 3 aromatic rings. The molecule has 15 heteroatoms. The largest absolute Gasteiger partial charge is 0.416 e. The number of carbonyl (C=O) groups excluding carboxylic acids is 2. The van der Waals surface area contributed by atoms with Crippen molar-refractivity contribution >= 4 is 22.8 Å². The Morgan fingerprint density at radius 3 is 2.47 bits per heavy atom. The Labute approximate surface area is 243 Å². The second-order valence-electron chi connectivity index (χ2n) is 11.9. The number of carbonyl (C=O) groups is 2. The van der Waals surface area contributed by atoms with Gasteiger partial charge in [0.05, 0.1) is 23.7 Å². The average Bonchev–Trinajstić information content (AvgIpc) is 3.86. The first-order valence-electron chi connectivity index (χ1n) is 14.1. The first-order chi connectivity index (χ1) is 20.2. The van der Waals surface area contributed by atoms with Crippen LogP contribution < -0.4 is 10.6 Å². The molecule has 5 rings (SSSR count). The van der Waals surface area contributed by atoms with Crippen molar-refractivity contribution in [1.82, 2.24) is 30.9 Å². The first-order valence-corrected chi connectivity index (χ1v) is 14.1. The fourth-order valence-corrected chi connectivity index (χ4v) is 4.69. The maximum atomic E-state index is 13.5. The Kier molecular flexibility index (Phi) is 8.47. The van der Waals surface area contributed by atoms with E-state index in [9.17, 15) is 31.5 Å². The maximum Gasteiger partial charge on any atom is 0.416 e. The van der Waals surface area contributed by atoms with Gasteiger partial charge in [-0.3, -0.25) is 9.59 Å². The summed E-state index contributed by atoms with van der Waals surface area (Å²) in [6.45, 7) is 2.52. The van der Waals surface area contributed by atoms with E-state index in [1.165, 1.54) is 6.92 Å². The Hall–Kier alpha value is -3.62. The predicted octanol–water partition coefficient (Wildman–Crippen LogP) is 5.51. The fraction of sp³-hybridized carbons (Fsp3) is 0.607. The van der Waals surface area contributed by atoms with Crippen LogP contribution in [0.4, 0.5) is 22.0 Å². The van der Waals surface area contributed by atoms with Crippen LogP contribution in [0.5, 0.6) is 0 Å². The molecule has 2 aromatic heterocycles. The van der Waals surface area contributed by atoms with E-state index in [4.69, 9.17) is 9.37 Å². The van der Waals surface area contributed by atoms with Crippen molar-refractivity contribution in [2.45, 2.75) is 89.1 Å². The van der Waals surface area contributed by atoms with E-state index in [1.54, 1.807) is 18.2 Å². The van der Waals surface area contributed by atoms with Crippen LogP contribution in [0.1, 0.15) is 98.4 Å². The molecular weight excluding hydrogens is 579 g/mol. The number of alkyl halides is 5. The van der Waals surface area contributed by atoms with Gasteiger partial charge in [-0.15, -0.1) is 0 Å². The smallest absolute Gasteiger partial charge is 0.364 e. The predicted molar refractivity (Wildman–Crippen MR) is 142 cm³/mol. The summed E-state index contributed by atoms with van der Waals surface area (Å²) in [4.78, 5) is 33.2. The molecule has 3 atom stereocenters. The molecule has 2 aliphatic rings. The summed E-state index contributed by atoms with van der Waals surface area (Å²) in [5.41, 5.74) is -0.489. The molecule has 234 valence electrons. The number of rotatable bonds is 13. The van der Waals surface area contributed by atoms with Crippen molar-refractivity contribution < 1.29 is 40.9 Å². The lowest BCUT2D eigenvalue weighted by atomic mass is 10.0. The van der Waals surface area contributed by atoms with Gasteiger partial charge in [0.25, 0.3) is 5.91 Å². The minimum Gasteiger partial charge on any atom is -0.364 e. The Morgan fingerprint density at radius 1 is 1.12 bits per heavy atom. The summed E-state index contributed by atoms with van der Waals surface area (Å²) < 4.78 is 76.6. The number of halogens is 5. The highest BCUT2D eigenvalue weighted by atomic mass is 19.4. The molecule has 0 bridgehead atoms. The van der Waals surface area contributed by atoms with Crippen molar-refractivity contribution in [1.29, 1.82) is 0 Å². The molecule has 43 heavy (non-hydrogen) atoms. The van der Waals surface area contributed by atoms with Gasteiger partial charge in [-0.2, -0.15) is 13.2 Å². The van der Waals surface area contributed by atoms with Crippen molar-refractivity contribution in [3.05, 3.63) is 41.0 Å². The van der Waals surface area contributed by atoms with Gasteiger partial charge >= 0.3 is 6.18 Å². The monoisotopic (exact) mass is 612 g/mol. The average molecular weight is 613 g/mol. The quantitative estimate of drug-likeness (QED) is 0.217. The van der Waals surface area contributed by atoms with Gasteiger partial charge in [0, 0.05) is 18.3 Å². The Bertz CT molecular complexity index is 1460. The van der Waals surface area contributed by atoms with Gasteiger partial charge in [-0.25, -0.2) is 18.4 Å². The molecule has 3 N–H and O–H groups in total. The number of nitrogens with zero attached hydrogens (tertiary/aromatic N) is 3. The van der Waals surface area contributed by atoms with Crippen LogP contribution in [0.3, 0.4) is 0 Å². The molecule has 2 aliphatic carbocycles. The van der Waals surface area contributed by atoms with Crippen LogP contribution in [-0.4, -0.2) is 56.9 Å². The zero-order valence-corrected chi connectivity index (χ0v) is 23.8. The third kappa shape index (κ3) is 7.13. The normalized spacial score (nSPS) is 18.1. The molecule has 2 fully saturated rings. The third-order valence-corrected chi connectivity index (χ3v) is 7.85. The summed E-state index contributed by atoms with van der Waals surface area (Å²) in [6.07, 6.45) is -4.22. The number of amides is 2. The van der Waals surface area contributed by atoms with Crippen LogP contribution in [0.15, 0.2) is 22.8 Å². The molecule has 0 aliphatic heterocycles. The topological polar surface area (TPSA) is 135 Å². The lowest BCUT2D eigenvalue weighted by molar-refractivity contribution is -0.265. The molecule has 1 aromatic carbocycles. The maximum absolute atomic E-state index is 13.5. The van der Waals surface area contributed by atoms with E-state index >= 15 is 0 Å². The summed E-state index contributed by atoms with van der Waals surface area (Å²) in [6, 6.07) is 3.65. The zero-order valence-electron chi connectivity index (χ0n) is 23.8. The summed E-state index contributed by atoms with van der Waals surface area (Å²) in [7, 11) is 0. The van der Waals surface area contributed by atoms with Gasteiger partial charge in [0.1, 0.15) is 17.6 Å². The van der Waals surface area contributed by atoms with Crippen LogP contribution in [0.2, 0.25) is 0 Å². The van der Waals surface area contributed by atoms with Crippen molar-refractivity contribution in [2.24, 2.45) is 11.8 Å². The van der Waals surface area contributed by atoms with Crippen molar-refractivity contribution in [3.63, 3.8) is 0 Å². The van der Waals surface area contributed by atoms with Gasteiger partial charge < -0.3 is 20.4 Å². The molecule has 2 heterocycles. The Morgan fingerprint density at radius 2 is 1.84 bits per heavy atom. The molecule has 0 spiro atoms. The van der Waals surface area contributed by atoms with Gasteiger partial charge in [-0.1, -0.05) is 18.1 Å².